The number of aliphatic hydroxyl groups is 2. The van der Waals surface area contributed by atoms with Gasteiger partial charge in [0.15, 0.2) is 17.7 Å². The molecule has 2 aromatic rings. The van der Waals surface area contributed by atoms with Gasteiger partial charge in [-0.3, -0.25) is 28.1 Å². The molecule has 6 N–H and O–H groups in total. The maximum absolute atomic E-state index is 12.5. The van der Waals surface area contributed by atoms with Crippen molar-refractivity contribution < 1.29 is 80.5 Å². The average molecular weight is 858 g/mol. The number of nitrogens with one attached hydrogen (secondary N) is 2. The van der Waals surface area contributed by atoms with Crippen molar-refractivity contribution in [1.29, 1.82) is 0 Å². The van der Waals surface area contributed by atoms with Crippen molar-refractivity contribution in [1.82, 2.24) is 30.2 Å². The van der Waals surface area contributed by atoms with Gasteiger partial charge >= 0.3 is 0 Å². The molecule has 55 heavy (non-hydrogen) atoms. The van der Waals surface area contributed by atoms with Crippen molar-refractivity contribution in [2.45, 2.75) is 57.8 Å². The summed E-state index contributed by atoms with van der Waals surface area (Å²) >= 11 is 0.988. The number of rotatable bonds is 21. The standard InChI is InChI=1S/C27H42N7O17P3S/c1-4-5-6-7-18(36)55-11-10-29-17(35)8-9-30-25(39)22(38)27(2,3)13-48-54(45,46)51-53(43,44)47-12-16-21(50-52(40,41)42)20(37)26(49-16)34-15-33-19-23(28)31-14-32-24(19)34/h4-7,14-16,20-22,26,37-38H,8-13H2,1-3H3,(H,29,35)(H,30,39)(H,43,44)(H,45,46)(H2,28,31,32)(H2,40,41,42)/p-4/b5-4+,7-6+/t16-,20-,21-,22+,26-/m1/s1. The second-order valence-corrected chi connectivity index (χ2v) is 17.2. The number of fused-ring (bicyclic) bond motifs is 1. The molecule has 0 spiro atoms. The topological polar surface area (TPSA) is 375 Å². The minimum absolute atomic E-state index is 0.0226. The third kappa shape index (κ3) is 14.5. The number of nitrogens with zero attached hydrogens (tertiary/aromatic N) is 4. The fourth-order valence-electron chi connectivity index (χ4n) is 4.55. The molecule has 1 aliphatic heterocycles. The molecule has 2 aromatic heterocycles. The predicted molar refractivity (Wildman–Crippen MR) is 182 cm³/mol. The summed E-state index contributed by atoms with van der Waals surface area (Å²) in [6.07, 6.45) is -1.21. The smallest absolute Gasteiger partial charge is 0.274 e. The molecular formula is C27H38N7O17P3S-4. The molecule has 0 aromatic carbocycles. The number of carbonyl (C=O) groups excluding carboxylic acids is 3. The van der Waals surface area contributed by atoms with E-state index in [1.807, 2.05) is 0 Å². The summed E-state index contributed by atoms with van der Waals surface area (Å²) in [6, 6.07) is 0. The maximum Gasteiger partial charge on any atom is 0.274 e. The highest BCUT2D eigenvalue weighted by Crippen LogP contribution is 2.56. The number of phosphoric ester groups is 3. The minimum atomic E-state index is -5.91. The first kappa shape index (κ1) is 46.4. The number of hydrogen-bond donors (Lipinski definition) is 5. The van der Waals surface area contributed by atoms with Gasteiger partial charge in [-0.15, -0.1) is 0 Å². The van der Waals surface area contributed by atoms with E-state index in [9.17, 15) is 57.9 Å². The van der Waals surface area contributed by atoms with E-state index in [2.05, 4.69) is 43.5 Å². The number of aromatic nitrogens is 4. The van der Waals surface area contributed by atoms with Crippen LogP contribution in [0.1, 0.15) is 33.4 Å². The number of allylic oxidation sites excluding steroid dienone is 3. The fourth-order valence-corrected chi connectivity index (χ4v) is 7.87. The zero-order chi connectivity index (χ0) is 41.2. The van der Waals surface area contributed by atoms with Crippen LogP contribution in [0.4, 0.5) is 5.82 Å². The van der Waals surface area contributed by atoms with E-state index in [0.29, 0.717) is 5.75 Å². The molecule has 24 nitrogen and oxygen atoms in total. The van der Waals surface area contributed by atoms with Gasteiger partial charge in [-0.2, -0.15) is 0 Å². The molecule has 2 unspecified atom stereocenters. The summed E-state index contributed by atoms with van der Waals surface area (Å²) in [4.78, 5) is 95.5. The Morgan fingerprint density at radius 2 is 1.78 bits per heavy atom. The number of ether oxygens (including phenoxy) is 1. The molecular weight excluding hydrogens is 819 g/mol. The quantitative estimate of drug-likeness (QED) is 0.0368. The molecule has 3 rings (SSSR count). The Balaban J connectivity index is 1.50. The van der Waals surface area contributed by atoms with Crippen LogP contribution >= 0.6 is 35.2 Å². The number of nitrogen functional groups attached to an aromatic ring is 1. The number of thioether (sulfide) groups is 1. The lowest BCUT2D eigenvalue weighted by Gasteiger charge is -2.36. The lowest BCUT2D eigenvalue weighted by atomic mass is 9.87. The van der Waals surface area contributed by atoms with Crippen molar-refractivity contribution in [3.8, 4) is 0 Å². The lowest BCUT2D eigenvalue weighted by molar-refractivity contribution is -0.347. The van der Waals surface area contributed by atoms with Crippen LogP contribution in [-0.4, -0.2) is 103 Å². The van der Waals surface area contributed by atoms with Crippen molar-refractivity contribution in [3.05, 3.63) is 37.0 Å². The molecule has 28 heteroatoms. The van der Waals surface area contributed by atoms with Gasteiger partial charge in [0.05, 0.1) is 27.4 Å². The van der Waals surface area contributed by atoms with E-state index in [4.69, 9.17) is 10.5 Å². The lowest BCUT2D eigenvalue weighted by Crippen LogP contribution is -2.46. The fraction of sp³-hybridized carbons (Fsp3) is 0.556. The summed E-state index contributed by atoms with van der Waals surface area (Å²) in [5.74, 6) is -1.27. The number of anilines is 1. The summed E-state index contributed by atoms with van der Waals surface area (Å²) in [5.41, 5.74) is 4.06. The van der Waals surface area contributed by atoms with Gasteiger partial charge in [0.25, 0.3) is 15.6 Å². The first-order chi connectivity index (χ1) is 25.6. The SMILES string of the molecule is C/C=C/C=C/C(=O)SCCNC(=O)CCNC(=O)[C@H](O)C(C)(C)COP(=O)([O-])OP(=O)([O-])OC[C@H]1O[C@@H](n2cnc3c(N)ncnc32)[C@H](O)[C@@H]1OP(=O)([O-])[O-]. The van der Waals surface area contributed by atoms with Gasteiger partial charge < -0.3 is 69.0 Å². The monoisotopic (exact) mass is 857 g/mol. The Labute approximate surface area is 317 Å². The highest BCUT2D eigenvalue weighted by Gasteiger charge is 2.47. The Kier molecular flexibility index (Phi) is 16.8. The van der Waals surface area contributed by atoms with Gasteiger partial charge in [0.1, 0.15) is 36.3 Å². The Hall–Kier alpha value is -2.96. The normalized spacial score (nSPS) is 22.1. The van der Waals surface area contributed by atoms with Crippen LogP contribution in [0.5, 0.6) is 0 Å². The van der Waals surface area contributed by atoms with E-state index >= 15 is 0 Å². The molecule has 308 valence electrons. The van der Waals surface area contributed by atoms with E-state index in [-0.39, 0.29) is 41.6 Å². The summed E-state index contributed by atoms with van der Waals surface area (Å²) in [5, 5.41) is 25.9. The van der Waals surface area contributed by atoms with Crippen LogP contribution in [0.3, 0.4) is 0 Å². The number of amides is 2. The maximum atomic E-state index is 12.5. The largest absolute Gasteiger partial charge is 0.790 e. The Morgan fingerprint density at radius 1 is 1.09 bits per heavy atom. The van der Waals surface area contributed by atoms with Gasteiger partial charge in [0.2, 0.25) is 16.9 Å². The first-order valence-corrected chi connectivity index (χ1v) is 21.2. The molecule has 7 atom stereocenters. The first-order valence-electron chi connectivity index (χ1n) is 15.8. The van der Waals surface area contributed by atoms with Gasteiger partial charge in [-0.25, -0.2) is 19.3 Å². The number of carbonyl (C=O) groups is 3. The van der Waals surface area contributed by atoms with Crippen LogP contribution in [0.25, 0.3) is 11.2 Å². The molecule has 1 saturated heterocycles. The number of hydrogen-bond acceptors (Lipinski definition) is 22. The van der Waals surface area contributed by atoms with E-state index in [0.717, 1.165) is 29.0 Å². The van der Waals surface area contributed by atoms with E-state index < -0.39 is 84.6 Å². The van der Waals surface area contributed by atoms with Crippen LogP contribution in [0.2, 0.25) is 0 Å². The van der Waals surface area contributed by atoms with Crippen LogP contribution in [-0.2, 0) is 50.7 Å². The summed E-state index contributed by atoms with van der Waals surface area (Å²) < 4.78 is 60.4. The number of imidazole rings is 1. The Morgan fingerprint density at radius 3 is 2.45 bits per heavy atom. The molecule has 0 saturated carbocycles. The molecule has 2 amide bonds. The molecule has 1 fully saturated rings. The van der Waals surface area contributed by atoms with Crippen LogP contribution in [0.15, 0.2) is 37.0 Å². The average Bonchev–Trinajstić information content (AvgIpc) is 3.64. The highest BCUT2D eigenvalue weighted by molar-refractivity contribution is 8.14. The zero-order valence-electron chi connectivity index (χ0n) is 29.2. The highest BCUT2D eigenvalue weighted by atomic mass is 32.2. The van der Waals surface area contributed by atoms with Crippen molar-refractivity contribution in [3.63, 3.8) is 0 Å². The van der Waals surface area contributed by atoms with Crippen molar-refractivity contribution >= 4 is 69.1 Å². The van der Waals surface area contributed by atoms with Crippen molar-refractivity contribution in [2.24, 2.45) is 5.41 Å². The third-order valence-electron chi connectivity index (χ3n) is 7.26. The van der Waals surface area contributed by atoms with Crippen LogP contribution < -0.4 is 35.9 Å². The molecule has 0 radical (unpaired) electrons. The second-order valence-electron chi connectivity index (χ2n) is 12.0. The van der Waals surface area contributed by atoms with Crippen LogP contribution in [0, 0.1) is 5.41 Å². The van der Waals surface area contributed by atoms with Crippen molar-refractivity contribution in [2.75, 3.05) is 37.8 Å². The predicted octanol–water partition coefficient (Wildman–Crippen LogP) is -2.73. The van der Waals surface area contributed by atoms with Gasteiger partial charge in [-0.1, -0.05) is 43.8 Å². The summed E-state index contributed by atoms with van der Waals surface area (Å²) in [6.45, 7) is 1.85. The second kappa shape index (κ2) is 19.9. The summed E-state index contributed by atoms with van der Waals surface area (Å²) in [7, 11) is -17.6. The van der Waals surface area contributed by atoms with Gasteiger partial charge in [-0.05, 0) is 13.0 Å². The molecule has 0 aliphatic carbocycles. The molecule has 3 heterocycles. The minimum Gasteiger partial charge on any atom is -0.790 e. The number of phosphoric acid groups is 3. The zero-order valence-corrected chi connectivity index (χ0v) is 32.7. The van der Waals surface area contributed by atoms with E-state index in [1.165, 1.54) is 19.9 Å². The molecule has 1 aliphatic rings. The van der Waals surface area contributed by atoms with E-state index in [1.54, 1.807) is 25.2 Å². The Bertz CT molecular complexity index is 1870. The number of nitrogens with two attached hydrogens (primary N) is 1. The van der Waals surface area contributed by atoms with Gasteiger partial charge in [0, 0.05) is 30.7 Å². The molecule has 0 bridgehead atoms. The number of aliphatic hydroxyl groups excluding tert-OH is 2. The third-order valence-corrected chi connectivity index (χ3v) is 11.1.